The summed E-state index contributed by atoms with van der Waals surface area (Å²) in [6.45, 7) is 1.31. The number of nitriles is 1. The fourth-order valence-electron chi connectivity index (χ4n) is 2.31. The number of benzene rings is 1. The number of likely N-dealkylation sites (tertiary alicyclic amines) is 1. The molecule has 1 fully saturated rings. The van der Waals surface area contributed by atoms with Gasteiger partial charge in [0, 0.05) is 30.8 Å². The lowest BCUT2D eigenvalue weighted by molar-refractivity contribution is -0.0999. The van der Waals surface area contributed by atoms with E-state index in [0.717, 1.165) is 29.7 Å². The van der Waals surface area contributed by atoms with E-state index in [-0.39, 0.29) is 6.23 Å². The SMILES string of the molecule is COc1ccc(-c2ccc(COC3CCN3C#N)cc2)cn1. The van der Waals surface area contributed by atoms with Gasteiger partial charge in [-0.15, -0.1) is 0 Å². The smallest absolute Gasteiger partial charge is 0.212 e. The zero-order chi connectivity index (χ0) is 15.4. The predicted molar refractivity (Wildman–Crippen MR) is 81.7 cm³/mol. The third-order valence-electron chi connectivity index (χ3n) is 3.77. The van der Waals surface area contributed by atoms with Crippen molar-refractivity contribution in [2.24, 2.45) is 0 Å². The van der Waals surface area contributed by atoms with Gasteiger partial charge < -0.3 is 9.47 Å². The summed E-state index contributed by atoms with van der Waals surface area (Å²) in [7, 11) is 1.60. The topological polar surface area (TPSA) is 58.4 Å². The lowest BCUT2D eigenvalue weighted by Gasteiger charge is -2.35. The van der Waals surface area contributed by atoms with Gasteiger partial charge in [-0.2, -0.15) is 5.26 Å². The molecule has 0 saturated carbocycles. The van der Waals surface area contributed by atoms with Gasteiger partial charge in [0.2, 0.25) is 5.88 Å². The standard InChI is InChI=1S/C17H17N3O2/c1-21-16-7-6-15(10-19-16)14-4-2-13(3-5-14)11-22-17-8-9-20(17)12-18/h2-7,10,17H,8-9,11H2,1H3. The number of ether oxygens (including phenoxy) is 2. The maximum atomic E-state index is 8.83. The Hall–Kier alpha value is -2.58. The van der Waals surface area contributed by atoms with E-state index in [2.05, 4.69) is 11.2 Å². The molecule has 22 heavy (non-hydrogen) atoms. The fraction of sp³-hybridized carbons (Fsp3) is 0.294. The second-order valence-electron chi connectivity index (χ2n) is 5.13. The third kappa shape index (κ3) is 3.02. The largest absolute Gasteiger partial charge is 0.481 e. The molecule has 1 saturated heterocycles. The van der Waals surface area contributed by atoms with E-state index >= 15 is 0 Å². The molecule has 0 radical (unpaired) electrons. The summed E-state index contributed by atoms with van der Waals surface area (Å²) in [6.07, 6.45) is 4.77. The number of hydrogen-bond acceptors (Lipinski definition) is 5. The molecular weight excluding hydrogens is 278 g/mol. The molecule has 1 unspecified atom stereocenters. The van der Waals surface area contributed by atoms with Gasteiger partial charge in [0.25, 0.3) is 0 Å². The summed E-state index contributed by atoms with van der Waals surface area (Å²) in [4.78, 5) is 5.86. The fourth-order valence-corrected chi connectivity index (χ4v) is 2.31. The quantitative estimate of drug-likeness (QED) is 0.794. The first-order chi connectivity index (χ1) is 10.8. The first kappa shape index (κ1) is 14.4. The molecule has 112 valence electrons. The van der Waals surface area contributed by atoms with Gasteiger partial charge in [0.15, 0.2) is 6.19 Å². The molecule has 0 N–H and O–H groups in total. The van der Waals surface area contributed by atoms with Crippen LogP contribution in [0.15, 0.2) is 42.6 Å². The number of hydrogen-bond donors (Lipinski definition) is 0. The van der Waals surface area contributed by atoms with E-state index in [1.807, 2.05) is 36.4 Å². The van der Waals surface area contributed by atoms with Crippen molar-refractivity contribution in [3.63, 3.8) is 0 Å². The summed E-state index contributed by atoms with van der Waals surface area (Å²) in [5, 5.41) is 8.83. The van der Waals surface area contributed by atoms with E-state index in [0.29, 0.717) is 12.5 Å². The third-order valence-corrected chi connectivity index (χ3v) is 3.77. The van der Waals surface area contributed by atoms with Gasteiger partial charge in [-0.3, -0.25) is 4.90 Å². The van der Waals surface area contributed by atoms with Crippen molar-refractivity contribution in [2.45, 2.75) is 19.3 Å². The van der Waals surface area contributed by atoms with Crippen LogP contribution >= 0.6 is 0 Å². The molecule has 5 nitrogen and oxygen atoms in total. The van der Waals surface area contributed by atoms with Crippen LogP contribution in [0.3, 0.4) is 0 Å². The molecule has 1 aromatic heterocycles. The van der Waals surface area contributed by atoms with Crippen molar-refractivity contribution >= 4 is 0 Å². The van der Waals surface area contributed by atoms with Crippen molar-refractivity contribution in [2.75, 3.05) is 13.7 Å². The lowest BCUT2D eigenvalue weighted by atomic mass is 10.1. The Morgan fingerprint density at radius 2 is 2.00 bits per heavy atom. The lowest BCUT2D eigenvalue weighted by Crippen LogP contribution is -2.45. The average Bonchev–Trinajstić information content (AvgIpc) is 2.55. The van der Waals surface area contributed by atoms with Crippen LogP contribution in [0.5, 0.6) is 5.88 Å². The van der Waals surface area contributed by atoms with Crippen molar-refractivity contribution in [1.82, 2.24) is 9.88 Å². The van der Waals surface area contributed by atoms with Crippen LogP contribution in [0.4, 0.5) is 0 Å². The minimum absolute atomic E-state index is 0.0598. The average molecular weight is 295 g/mol. The van der Waals surface area contributed by atoms with Gasteiger partial charge in [-0.25, -0.2) is 4.98 Å². The molecule has 0 bridgehead atoms. The Bertz CT molecular complexity index is 662. The second kappa shape index (κ2) is 6.46. The minimum atomic E-state index is -0.0598. The molecule has 0 spiro atoms. The molecule has 2 aromatic rings. The van der Waals surface area contributed by atoms with Gasteiger partial charge in [0.1, 0.15) is 6.23 Å². The van der Waals surface area contributed by atoms with E-state index in [9.17, 15) is 0 Å². The number of methoxy groups -OCH3 is 1. The first-order valence-corrected chi connectivity index (χ1v) is 7.17. The second-order valence-corrected chi connectivity index (χ2v) is 5.13. The van der Waals surface area contributed by atoms with E-state index in [4.69, 9.17) is 14.7 Å². The molecule has 1 aliphatic heterocycles. The summed E-state index contributed by atoms with van der Waals surface area (Å²) in [6, 6.07) is 12.0. The van der Waals surface area contributed by atoms with Crippen molar-refractivity contribution in [3.8, 4) is 23.2 Å². The molecular formula is C17H17N3O2. The Morgan fingerprint density at radius 3 is 2.55 bits per heavy atom. The highest BCUT2D eigenvalue weighted by Crippen LogP contribution is 2.22. The normalized spacial score (nSPS) is 16.7. The van der Waals surface area contributed by atoms with Crippen LogP contribution in [-0.4, -0.2) is 29.8 Å². The van der Waals surface area contributed by atoms with Gasteiger partial charge in [-0.1, -0.05) is 24.3 Å². The van der Waals surface area contributed by atoms with Crippen LogP contribution in [0.25, 0.3) is 11.1 Å². The number of rotatable bonds is 5. The number of pyridine rings is 1. The molecule has 1 atom stereocenters. The van der Waals surface area contributed by atoms with Crippen molar-refractivity contribution < 1.29 is 9.47 Å². The summed E-state index contributed by atoms with van der Waals surface area (Å²) in [5.41, 5.74) is 3.24. The summed E-state index contributed by atoms with van der Waals surface area (Å²) in [5.74, 6) is 0.608. The van der Waals surface area contributed by atoms with Crippen LogP contribution in [0.2, 0.25) is 0 Å². The van der Waals surface area contributed by atoms with Gasteiger partial charge in [-0.05, 0) is 17.2 Å². The Balaban J connectivity index is 1.61. The minimum Gasteiger partial charge on any atom is -0.481 e. The molecule has 2 heterocycles. The molecule has 5 heteroatoms. The molecule has 1 aliphatic rings. The molecule has 3 rings (SSSR count). The van der Waals surface area contributed by atoms with Gasteiger partial charge >= 0.3 is 0 Å². The van der Waals surface area contributed by atoms with Crippen molar-refractivity contribution in [3.05, 3.63) is 48.2 Å². The van der Waals surface area contributed by atoms with Crippen LogP contribution in [0, 0.1) is 11.5 Å². The Labute approximate surface area is 129 Å². The Morgan fingerprint density at radius 1 is 1.23 bits per heavy atom. The highest BCUT2D eigenvalue weighted by molar-refractivity contribution is 5.62. The maximum Gasteiger partial charge on any atom is 0.212 e. The number of nitrogens with zero attached hydrogens (tertiary/aromatic N) is 3. The molecule has 1 aromatic carbocycles. The van der Waals surface area contributed by atoms with Gasteiger partial charge in [0.05, 0.1) is 13.7 Å². The van der Waals surface area contributed by atoms with Crippen LogP contribution < -0.4 is 4.74 Å². The van der Waals surface area contributed by atoms with E-state index < -0.39 is 0 Å². The number of aromatic nitrogens is 1. The summed E-state index contributed by atoms with van der Waals surface area (Å²) < 4.78 is 10.8. The maximum absolute atomic E-state index is 8.83. The van der Waals surface area contributed by atoms with Crippen molar-refractivity contribution in [1.29, 1.82) is 5.26 Å². The molecule has 0 amide bonds. The first-order valence-electron chi connectivity index (χ1n) is 7.17. The highest BCUT2D eigenvalue weighted by atomic mass is 16.5. The van der Waals surface area contributed by atoms with Crippen LogP contribution in [0.1, 0.15) is 12.0 Å². The monoisotopic (exact) mass is 295 g/mol. The van der Waals surface area contributed by atoms with E-state index in [1.54, 1.807) is 18.2 Å². The predicted octanol–water partition coefficient (Wildman–Crippen LogP) is 2.79. The zero-order valence-electron chi connectivity index (χ0n) is 12.4. The highest BCUT2D eigenvalue weighted by Gasteiger charge is 2.27. The van der Waals surface area contributed by atoms with E-state index in [1.165, 1.54) is 0 Å². The Kier molecular flexibility index (Phi) is 4.22. The molecule has 0 aliphatic carbocycles. The summed E-state index contributed by atoms with van der Waals surface area (Å²) >= 11 is 0. The van der Waals surface area contributed by atoms with Crippen LogP contribution in [-0.2, 0) is 11.3 Å². The zero-order valence-corrected chi connectivity index (χ0v) is 12.4.